The van der Waals surface area contributed by atoms with E-state index in [1.54, 1.807) is 12.2 Å². The summed E-state index contributed by atoms with van der Waals surface area (Å²) >= 11 is 0. The molecule has 5 rings (SSSR count). The Kier molecular flexibility index (Phi) is 11.2. The summed E-state index contributed by atoms with van der Waals surface area (Å²) in [5.74, 6) is -3.89. The first kappa shape index (κ1) is 37.6. The van der Waals surface area contributed by atoms with E-state index in [0.29, 0.717) is 38.5 Å². The number of carbonyl (C=O) groups is 5. The van der Waals surface area contributed by atoms with Crippen LogP contribution in [0.15, 0.2) is 23.8 Å². The highest BCUT2D eigenvalue weighted by molar-refractivity contribution is 6.01. The van der Waals surface area contributed by atoms with Crippen molar-refractivity contribution >= 4 is 29.4 Å². The number of rotatable bonds is 16. The predicted molar refractivity (Wildman–Crippen MR) is 172 cm³/mol. The van der Waals surface area contributed by atoms with Crippen LogP contribution >= 0.6 is 0 Å². The Morgan fingerprint density at radius 2 is 1.96 bits per heavy atom. The highest BCUT2D eigenvalue weighted by atomic mass is 16.9. The number of nitrogens with one attached hydrogen (secondary N) is 1. The maximum atomic E-state index is 14.3. The molecule has 0 bridgehead atoms. The van der Waals surface area contributed by atoms with E-state index < -0.39 is 82.7 Å². The van der Waals surface area contributed by atoms with Gasteiger partial charge in [-0.1, -0.05) is 45.3 Å². The third-order valence-electron chi connectivity index (χ3n) is 11.8. The van der Waals surface area contributed by atoms with Crippen LogP contribution in [-0.4, -0.2) is 88.1 Å². The number of carbonyl (C=O) groups excluding carboxylic acids is 4. The molecule has 4 fully saturated rings. The van der Waals surface area contributed by atoms with Crippen LogP contribution in [0.4, 0.5) is 0 Å². The fourth-order valence-electron chi connectivity index (χ4n) is 9.65. The van der Waals surface area contributed by atoms with Gasteiger partial charge in [-0.15, -0.1) is 10.1 Å². The van der Waals surface area contributed by atoms with E-state index in [1.165, 1.54) is 0 Å². The molecule has 3 unspecified atom stereocenters. The summed E-state index contributed by atoms with van der Waals surface area (Å²) in [5, 5.41) is 33.1. The smallest absolute Gasteiger partial charge is 0.326 e. The van der Waals surface area contributed by atoms with Crippen molar-refractivity contribution in [2.24, 2.45) is 28.6 Å². The summed E-state index contributed by atoms with van der Waals surface area (Å²) in [6.07, 6.45) is 6.81. The molecule has 0 aromatic rings. The molecule has 1 aliphatic heterocycles. The van der Waals surface area contributed by atoms with E-state index >= 15 is 0 Å². The van der Waals surface area contributed by atoms with Gasteiger partial charge in [0.1, 0.15) is 6.04 Å². The Morgan fingerprint density at radius 3 is 2.66 bits per heavy atom. The lowest BCUT2D eigenvalue weighted by molar-refractivity contribution is -0.757. The summed E-state index contributed by atoms with van der Waals surface area (Å²) in [4.78, 5) is 78.0. The van der Waals surface area contributed by atoms with E-state index in [9.17, 15) is 44.3 Å². The Morgan fingerprint density at radius 1 is 1.20 bits per heavy atom. The van der Waals surface area contributed by atoms with Crippen molar-refractivity contribution in [1.29, 1.82) is 0 Å². The van der Waals surface area contributed by atoms with Crippen LogP contribution < -0.4 is 5.32 Å². The van der Waals surface area contributed by atoms with Crippen LogP contribution in [0.5, 0.6) is 0 Å². The number of carboxylic acid groups (broad SMARTS) is 1. The van der Waals surface area contributed by atoms with Crippen LogP contribution in [0.3, 0.4) is 0 Å². The van der Waals surface area contributed by atoms with Crippen molar-refractivity contribution in [3.8, 4) is 0 Å². The quantitative estimate of drug-likeness (QED) is 0.0912. The maximum Gasteiger partial charge on any atom is 0.326 e. The second kappa shape index (κ2) is 14.9. The predicted octanol–water partition coefficient (Wildman–Crippen LogP) is 3.00. The molecule has 1 amide bonds. The largest absolute Gasteiger partial charge is 0.480 e. The first-order valence-electron chi connectivity index (χ1n) is 17.6. The fourth-order valence-corrected chi connectivity index (χ4v) is 9.65. The minimum absolute atomic E-state index is 0.00715. The third kappa shape index (κ3) is 6.96. The standard InChI is InChI=1S/C35H48N2O13/c1-4-8-30-49-27-16-23-22-11-10-20-15-21(38)12-13-33(20,2)31(22)25(39)18-34(23,3)35(27,50-30)26(40)19-47-29(42)17-24(32(43)44)36-28(41)9-6-5-7-14-48-37(45)46/h12-13,15,22-25,27,30-31,39H,4-11,14,16-19H2,1-3H3,(H,36,41)(H,43,44)/t22-,23-,24?,25-,27+,30?,31+,33-,34-,35?/m0/s1. The number of unbranched alkanes of at least 4 members (excludes halogenated alkanes) is 2. The molecular formula is C35H48N2O13. The van der Waals surface area contributed by atoms with E-state index in [-0.39, 0.29) is 43.0 Å². The van der Waals surface area contributed by atoms with Crippen molar-refractivity contribution in [1.82, 2.24) is 5.32 Å². The summed E-state index contributed by atoms with van der Waals surface area (Å²) < 4.78 is 18.3. The Bertz CT molecular complexity index is 1440. The molecule has 0 spiro atoms. The highest BCUT2D eigenvalue weighted by Gasteiger charge is 2.75. The van der Waals surface area contributed by atoms with Crippen LogP contribution in [0.2, 0.25) is 0 Å². The molecule has 3 N–H and O–H groups in total. The monoisotopic (exact) mass is 704 g/mol. The number of carboxylic acids is 1. The van der Waals surface area contributed by atoms with Gasteiger partial charge in [0.25, 0.3) is 5.09 Å². The van der Waals surface area contributed by atoms with Crippen molar-refractivity contribution in [3.63, 3.8) is 0 Å². The number of aliphatic carboxylic acids is 1. The molecule has 276 valence electrons. The summed E-state index contributed by atoms with van der Waals surface area (Å²) in [5.41, 5.74) is -1.87. The maximum absolute atomic E-state index is 14.3. The lowest BCUT2D eigenvalue weighted by Gasteiger charge is -2.59. The lowest BCUT2D eigenvalue weighted by atomic mass is 9.46. The number of ketones is 2. The second-order valence-corrected chi connectivity index (χ2v) is 14.8. The molecule has 15 heteroatoms. The number of hydrogen-bond donors (Lipinski definition) is 3. The molecule has 10 atom stereocenters. The zero-order chi connectivity index (χ0) is 36.4. The number of fused-ring (bicyclic) bond motifs is 7. The number of allylic oxidation sites excluding steroid dienone is 4. The van der Waals surface area contributed by atoms with Crippen LogP contribution in [-0.2, 0) is 43.0 Å². The normalized spacial score (nSPS) is 35.8. The number of Topliss-reactive ketones (excluding diaryl/α,β-unsaturated/α-hetero) is 1. The molecule has 50 heavy (non-hydrogen) atoms. The SMILES string of the molecule is CCCC1O[C@@H]2C[C@H]3[C@@H]4CCC5=CC(=O)C=C[C@]5(C)[C@H]4[C@@H](O)C[C@]3(C)C2(C(=O)COC(=O)CC(NC(=O)CCCCCO[N+](=O)[O-])C(=O)O)O1. The van der Waals surface area contributed by atoms with Crippen LogP contribution in [0.25, 0.3) is 0 Å². The number of esters is 1. The first-order chi connectivity index (χ1) is 23.7. The van der Waals surface area contributed by atoms with Gasteiger partial charge < -0.3 is 34.6 Å². The third-order valence-corrected chi connectivity index (χ3v) is 11.8. The first-order valence-corrected chi connectivity index (χ1v) is 17.6. The molecule has 5 aliphatic rings. The lowest BCUT2D eigenvalue weighted by Crippen LogP contribution is -2.63. The van der Waals surface area contributed by atoms with Gasteiger partial charge in [-0.2, -0.15) is 0 Å². The highest BCUT2D eigenvalue weighted by Crippen LogP contribution is 2.69. The molecule has 15 nitrogen and oxygen atoms in total. The Hall–Kier alpha value is -3.69. The number of aliphatic hydroxyl groups is 1. The Balaban J connectivity index is 1.25. The zero-order valence-corrected chi connectivity index (χ0v) is 28.8. The number of nitrogens with zero attached hydrogens (tertiary/aromatic N) is 1. The van der Waals surface area contributed by atoms with Gasteiger partial charge in [-0.3, -0.25) is 19.2 Å². The molecule has 0 radical (unpaired) electrons. The molecule has 0 aromatic carbocycles. The van der Waals surface area contributed by atoms with Gasteiger partial charge in [-0.05, 0) is 68.9 Å². The molecular weight excluding hydrogens is 656 g/mol. The molecule has 4 aliphatic carbocycles. The van der Waals surface area contributed by atoms with E-state index in [4.69, 9.17) is 14.2 Å². The molecule has 1 heterocycles. The topological polar surface area (TPSA) is 218 Å². The summed E-state index contributed by atoms with van der Waals surface area (Å²) in [7, 11) is 0. The van der Waals surface area contributed by atoms with Crippen molar-refractivity contribution in [2.75, 3.05) is 13.2 Å². The van der Waals surface area contributed by atoms with Gasteiger partial charge in [0.05, 0.1) is 25.2 Å². The minimum Gasteiger partial charge on any atom is -0.480 e. The number of aliphatic hydroxyl groups excluding tert-OH is 1. The van der Waals surface area contributed by atoms with Crippen molar-refractivity contribution in [3.05, 3.63) is 33.9 Å². The van der Waals surface area contributed by atoms with Gasteiger partial charge in [-0.25, -0.2) is 4.79 Å². The van der Waals surface area contributed by atoms with E-state index in [1.807, 2.05) is 19.9 Å². The van der Waals surface area contributed by atoms with Crippen LogP contribution in [0, 0.1) is 38.7 Å². The van der Waals surface area contributed by atoms with Crippen LogP contribution in [0.1, 0.15) is 91.4 Å². The van der Waals surface area contributed by atoms with Crippen molar-refractivity contribution in [2.45, 2.75) is 122 Å². The average Bonchev–Trinajstić information content (AvgIpc) is 3.53. The Labute approximate surface area is 290 Å². The van der Waals surface area contributed by atoms with Gasteiger partial charge in [0.2, 0.25) is 11.7 Å². The molecule has 1 saturated heterocycles. The average molecular weight is 705 g/mol. The number of amides is 1. The van der Waals surface area contributed by atoms with Crippen molar-refractivity contribution < 1.29 is 58.3 Å². The van der Waals surface area contributed by atoms with E-state index in [0.717, 1.165) is 18.4 Å². The zero-order valence-electron chi connectivity index (χ0n) is 28.8. The minimum atomic E-state index is -1.59. The van der Waals surface area contributed by atoms with Gasteiger partial charge >= 0.3 is 11.9 Å². The molecule has 0 aromatic heterocycles. The summed E-state index contributed by atoms with van der Waals surface area (Å²) in [6.45, 7) is 5.17. The second-order valence-electron chi connectivity index (χ2n) is 14.8. The summed E-state index contributed by atoms with van der Waals surface area (Å²) in [6, 6.07) is -1.59. The van der Waals surface area contributed by atoms with Gasteiger partial charge in [0, 0.05) is 23.2 Å². The number of hydrogen-bond acceptors (Lipinski definition) is 12. The van der Waals surface area contributed by atoms with Gasteiger partial charge in [0.15, 0.2) is 24.3 Å². The van der Waals surface area contributed by atoms with E-state index in [2.05, 4.69) is 17.1 Å². The molecule has 3 saturated carbocycles. The fraction of sp³-hybridized carbons (Fsp3) is 0.743. The number of ether oxygens (including phenoxy) is 3.